The minimum absolute atomic E-state index is 0.124. The Balaban J connectivity index is 1.70. The second kappa shape index (κ2) is 8.37. The summed E-state index contributed by atoms with van der Waals surface area (Å²) in [4.78, 5) is 15.6. The molecule has 0 fully saturated rings. The summed E-state index contributed by atoms with van der Waals surface area (Å²) >= 11 is 0. The van der Waals surface area contributed by atoms with Gasteiger partial charge < -0.3 is 9.88 Å². The fourth-order valence-corrected chi connectivity index (χ4v) is 3.91. The lowest BCUT2D eigenvalue weighted by molar-refractivity contribution is -0.115. The molecule has 0 saturated heterocycles. The van der Waals surface area contributed by atoms with Gasteiger partial charge in [-0.05, 0) is 48.9 Å². The molecule has 0 aliphatic carbocycles. The zero-order chi connectivity index (χ0) is 20.1. The third-order valence-corrected chi connectivity index (χ3v) is 5.85. The molecule has 0 saturated carbocycles. The molecule has 1 heterocycles. The molecule has 2 aromatic carbocycles. The fraction of sp³-hybridized carbons (Fsp3) is 0.200. The normalized spacial score (nSPS) is 12.5. The molecule has 0 bridgehead atoms. The van der Waals surface area contributed by atoms with Gasteiger partial charge in [0.25, 0.3) is 0 Å². The minimum atomic E-state index is -3.69. The Kier molecular flexibility index (Phi) is 5.91. The van der Waals surface area contributed by atoms with Crippen molar-refractivity contribution in [1.82, 2.24) is 14.3 Å². The Labute approximate surface area is 164 Å². The van der Waals surface area contributed by atoms with Gasteiger partial charge in [-0.25, -0.2) is 18.1 Å². The highest BCUT2D eigenvalue weighted by Gasteiger charge is 2.18. The Morgan fingerprint density at radius 1 is 1.11 bits per heavy atom. The number of anilines is 1. The monoisotopic (exact) mass is 398 g/mol. The molecular weight excluding hydrogens is 376 g/mol. The first-order valence-corrected chi connectivity index (χ1v) is 10.4. The number of benzene rings is 2. The summed E-state index contributed by atoms with van der Waals surface area (Å²) < 4.78 is 29.8. The topological polar surface area (TPSA) is 93.1 Å². The number of amides is 1. The van der Waals surface area contributed by atoms with E-state index in [4.69, 9.17) is 0 Å². The highest BCUT2D eigenvalue weighted by Crippen LogP contribution is 2.20. The van der Waals surface area contributed by atoms with Gasteiger partial charge in [-0.2, -0.15) is 0 Å². The van der Waals surface area contributed by atoms with Crippen LogP contribution in [-0.4, -0.2) is 23.9 Å². The molecule has 146 valence electrons. The first-order chi connectivity index (χ1) is 13.4. The second-order valence-corrected chi connectivity index (χ2v) is 8.04. The SMILES string of the molecule is CCC(=O)Nc1ccc(S(=O)(=O)NC(C)c2ccc(-n3ccnc3)cc2)cc1. The molecule has 0 spiro atoms. The fourth-order valence-electron chi connectivity index (χ4n) is 2.68. The van der Waals surface area contributed by atoms with Crippen LogP contribution in [0.15, 0.2) is 72.1 Å². The van der Waals surface area contributed by atoms with Gasteiger partial charge in [0.2, 0.25) is 15.9 Å². The zero-order valence-electron chi connectivity index (χ0n) is 15.7. The molecule has 0 aliphatic rings. The predicted molar refractivity (Wildman–Crippen MR) is 108 cm³/mol. The largest absolute Gasteiger partial charge is 0.326 e. The molecule has 0 radical (unpaired) electrons. The Bertz CT molecular complexity index is 1030. The number of sulfonamides is 1. The minimum Gasteiger partial charge on any atom is -0.326 e. The molecule has 3 rings (SSSR count). The van der Waals surface area contributed by atoms with Crippen LogP contribution in [0.4, 0.5) is 5.69 Å². The lowest BCUT2D eigenvalue weighted by Crippen LogP contribution is -2.26. The number of hydrogen-bond donors (Lipinski definition) is 2. The summed E-state index contributed by atoms with van der Waals surface area (Å²) in [5.74, 6) is -0.124. The average Bonchev–Trinajstić information content (AvgIpc) is 3.23. The first kappa shape index (κ1) is 19.8. The van der Waals surface area contributed by atoms with Gasteiger partial charge >= 0.3 is 0 Å². The zero-order valence-corrected chi connectivity index (χ0v) is 16.5. The van der Waals surface area contributed by atoms with Crippen molar-refractivity contribution in [3.63, 3.8) is 0 Å². The summed E-state index contributed by atoms with van der Waals surface area (Å²) in [7, 11) is -3.69. The number of imidazole rings is 1. The lowest BCUT2D eigenvalue weighted by atomic mass is 10.1. The van der Waals surface area contributed by atoms with Crippen molar-refractivity contribution >= 4 is 21.6 Å². The molecule has 3 aromatic rings. The van der Waals surface area contributed by atoms with Crippen LogP contribution in [0.3, 0.4) is 0 Å². The Hall–Kier alpha value is -2.97. The van der Waals surface area contributed by atoms with E-state index < -0.39 is 16.1 Å². The van der Waals surface area contributed by atoms with Crippen molar-refractivity contribution in [2.24, 2.45) is 0 Å². The van der Waals surface area contributed by atoms with Crippen molar-refractivity contribution in [3.05, 3.63) is 72.8 Å². The van der Waals surface area contributed by atoms with Crippen LogP contribution >= 0.6 is 0 Å². The van der Waals surface area contributed by atoms with Crippen LogP contribution in [0.25, 0.3) is 5.69 Å². The Morgan fingerprint density at radius 3 is 2.36 bits per heavy atom. The van der Waals surface area contributed by atoms with E-state index in [0.717, 1.165) is 11.3 Å². The molecular formula is C20H22N4O3S. The van der Waals surface area contributed by atoms with Gasteiger partial charge in [-0.15, -0.1) is 0 Å². The molecule has 2 N–H and O–H groups in total. The molecule has 1 unspecified atom stereocenters. The van der Waals surface area contributed by atoms with Crippen LogP contribution in [0.2, 0.25) is 0 Å². The maximum absolute atomic E-state index is 12.6. The van der Waals surface area contributed by atoms with E-state index in [-0.39, 0.29) is 10.8 Å². The molecule has 0 aliphatic heterocycles. The average molecular weight is 398 g/mol. The van der Waals surface area contributed by atoms with E-state index in [1.165, 1.54) is 12.1 Å². The molecule has 8 heteroatoms. The molecule has 7 nitrogen and oxygen atoms in total. The van der Waals surface area contributed by atoms with Crippen LogP contribution in [0.5, 0.6) is 0 Å². The molecule has 1 atom stereocenters. The summed E-state index contributed by atoms with van der Waals surface area (Å²) in [5, 5.41) is 2.69. The number of hydrogen-bond acceptors (Lipinski definition) is 4. The maximum Gasteiger partial charge on any atom is 0.241 e. The van der Waals surface area contributed by atoms with Gasteiger partial charge in [0, 0.05) is 36.2 Å². The lowest BCUT2D eigenvalue weighted by Gasteiger charge is -2.15. The smallest absolute Gasteiger partial charge is 0.241 e. The van der Waals surface area contributed by atoms with E-state index in [1.807, 2.05) is 35.0 Å². The van der Waals surface area contributed by atoms with Gasteiger partial charge in [0.1, 0.15) is 0 Å². The summed E-state index contributed by atoms with van der Waals surface area (Å²) in [6.07, 6.45) is 5.60. The summed E-state index contributed by atoms with van der Waals surface area (Å²) in [5.41, 5.74) is 2.36. The highest BCUT2D eigenvalue weighted by atomic mass is 32.2. The van der Waals surface area contributed by atoms with Crippen LogP contribution in [-0.2, 0) is 14.8 Å². The first-order valence-electron chi connectivity index (χ1n) is 8.89. The number of aromatic nitrogens is 2. The third kappa shape index (κ3) is 4.65. The van der Waals surface area contributed by atoms with E-state index in [2.05, 4.69) is 15.0 Å². The van der Waals surface area contributed by atoms with Crippen molar-refractivity contribution in [1.29, 1.82) is 0 Å². The molecule has 1 aromatic heterocycles. The number of nitrogens with zero attached hydrogens (tertiary/aromatic N) is 2. The number of carbonyl (C=O) groups is 1. The van der Waals surface area contributed by atoms with E-state index in [1.54, 1.807) is 38.5 Å². The maximum atomic E-state index is 12.6. The predicted octanol–water partition coefficient (Wildman–Crippen LogP) is 3.26. The second-order valence-electron chi connectivity index (χ2n) is 6.33. The molecule has 28 heavy (non-hydrogen) atoms. The third-order valence-electron chi connectivity index (χ3n) is 4.30. The van der Waals surface area contributed by atoms with E-state index in [9.17, 15) is 13.2 Å². The van der Waals surface area contributed by atoms with Gasteiger partial charge in [-0.1, -0.05) is 19.1 Å². The van der Waals surface area contributed by atoms with Crippen molar-refractivity contribution in [3.8, 4) is 5.69 Å². The number of carbonyl (C=O) groups excluding carboxylic acids is 1. The van der Waals surface area contributed by atoms with Crippen LogP contribution in [0, 0.1) is 0 Å². The van der Waals surface area contributed by atoms with Crippen LogP contribution < -0.4 is 10.0 Å². The standard InChI is InChI=1S/C20H22N4O3S/c1-3-20(25)22-17-6-10-19(11-7-17)28(26,27)23-15(2)16-4-8-18(9-5-16)24-13-12-21-14-24/h4-15,23H,3H2,1-2H3,(H,22,25). The van der Waals surface area contributed by atoms with E-state index >= 15 is 0 Å². The van der Waals surface area contributed by atoms with Gasteiger partial charge in [-0.3, -0.25) is 4.79 Å². The van der Waals surface area contributed by atoms with Gasteiger partial charge in [0.05, 0.1) is 11.2 Å². The summed E-state index contributed by atoms with van der Waals surface area (Å²) in [6.45, 7) is 3.54. The number of nitrogens with one attached hydrogen (secondary N) is 2. The highest BCUT2D eigenvalue weighted by molar-refractivity contribution is 7.89. The quantitative estimate of drug-likeness (QED) is 0.639. The van der Waals surface area contributed by atoms with Crippen molar-refractivity contribution < 1.29 is 13.2 Å². The molecule has 1 amide bonds. The Morgan fingerprint density at radius 2 is 1.79 bits per heavy atom. The van der Waals surface area contributed by atoms with Crippen LogP contribution in [0.1, 0.15) is 31.9 Å². The summed E-state index contributed by atoms with van der Waals surface area (Å²) in [6, 6.07) is 13.3. The van der Waals surface area contributed by atoms with E-state index in [0.29, 0.717) is 12.1 Å². The van der Waals surface area contributed by atoms with Gasteiger partial charge in [0.15, 0.2) is 0 Å². The number of rotatable bonds is 7. The van der Waals surface area contributed by atoms with Crippen molar-refractivity contribution in [2.75, 3.05) is 5.32 Å². The van der Waals surface area contributed by atoms with Crippen molar-refractivity contribution in [2.45, 2.75) is 31.2 Å².